The second kappa shape index (κ2) is 5.81. The van der Waals surface area contributed by atoms with Crippen molar-refractivity contribution in [2.45, 2.75) is 12.8 Å². The molecule has 3 rings (SSSR count). The van der Waals surface area contributed by atoms with Gasteiger partial charge in [-0.1, -0.05) is 24.3 Å². The zero-order valence-electron chi connectivity index (χ0n) is 11.8. The Labute approximate surface area is 127 Å². The van der Waals surface area contributed by atoms with Crippen molar-refractivity contribution in [1.82, 2.24) is 4.98 Å². The molecule has 1 amide bonds. The van der Waals surface area contributed by atoms with E-state index in [-0.39, 0.29) is 29.5 Å². The zero-order valence-corrected chi connectivity index (χ0v) is 11.8. The van der Waals surface area contributed by atoms with Crippen molar-refractivity contribution in [2.75, 3.05) is 5.32 Å². The molecule has 5 nitrogen and oxygen atoms in total. The summed E-state index contributed by atoms with van der Waals surface area (Å²) >= 11 is 0. The molecular formula is C17H16N2O3. The maximum atomic E-state index is 12.0. The molecule has 0 saturated carbocycles. The van der Waals surface area contributed by atoms with Gasteiger partial charge in [-0.15, -0.1) is 0 Å². The van der Waals surface area contributed by atoms with Crippen LogP contribution in [0.25, 0.3) is 10.9 Å². The van der Waals surface area contributed by atoms with Gasteiger partial charge in [0.05, 0.1) is 0 Å². The summed E-state index contributed by atoms with van der Waals surface area (Å²) in [5.74, 6) is -0.567. The number of amides is 1. The number of benzene rings is 2. The molecule has 22 heavy (non-hydrogen) atoms. The Morgan fingerprint density at radius 1 is 1.05 bits per heavy atom. The summed E-state index contributed by atoms with van der Waals surface area (Å²) in [5, 5.41) is 22.9. The highest BCUT2D eigenvalue weighted by Crippen LogP contribution is 2.32. The summed E-state index contributed by atoms with van der Waals surface area (Å²) in [7, 11) is 0. The number of phenolic OH excluding ortho intramolecular Hbond substituents is 2. The lowest BCUT2D eigenvalue weighted by Crippen LogP contribution is -2.12. The Hall–Kier alpha value is -2.95. The maximum Gasteiger partial charge on any atom is 0.224 e. The van der Waals surface area contributed by atoms with Crippen LogP contribution in [0.3, 0.4) is 0 Å². The summed E-state index contributed by atoms with van der Waals surface area (Å²) in [6.45, 7) is 0. The number of para-hydroxylation sites is 2. The number of aromatic hydroxyl groups is 2. The van der Waals surface area contributed by atoms with Crippen molar-refractivity contribution >= 4 is 22.5 Å². The van der Waals surface area contributed by atoms with Gasteiger partial charge >= 0.3 is 0 Å². The van der Waals surface area contributed by atoms with Crippen LogP contribution in [0, 0.1) is 0 Å². The third-order valence-corrected chi connectivity index (χ3v) is 3.58. The van der Waals surface area contributed by atoms with Gasteiger partial charge in [-0.25, -0.2) is 0 Å². The summed E-state index contributed by atoms with van der Waals surface area (Å²) in [5.41, 5.74) is 2.15. The number of carbonyl (C=O) groups is 1. The molecular weight excluding hydrogens is 280 g/mol. The fourth-order valence-corrected chi connectivity index (χ4v) is 2.44. The lowest BCUT2D eigenvalue weighted by molar-refractivity contribution is -0.116. The molecule has 0 saturated heterocycles. The Bertz CT molecular complexity index is 803. The van der Waals surface area contributed by atoms with Gasteiger partial charge in [0.1, 0.15) is 17.2 Å². The quantitative estimate of drug-likeness (QED) is 0.558. The summed E-state index contributed by atoms with van der Waals surface area (Å²) in [6, 6.07) is 12.2. The van der Waals surface area contributed by atoms with Crippen LogP contribution in [0.15, 0.2) is 48.7 Å². The number of aryl methyl sites for hydroxylation is 1. The molecule has 3 aromatic rings. The average Bonchev–Trinajstić information content (AvgIpc) is 2.92. The van der Waals surface area contributed by atoms with Gasteiger partial charge in [0, 0.05) is 23.5 Å². The highest BCUT2D eigenvalue weighted by atomic mass is 16.3. The van der Waals surface area contributed by atoms with E-state index in [9.17, 15) is 15.0 Å². The fraction of sp³-hybridized carbons (Fsp3) is 0.118. The molecule has 0 atom stereocenters. The van der Waals surface area contributed by atoms with Crippen molar-refractivity contribution < 1.29 is 15.0 Å². The molecule has 0 aliphatic heterocycles. The second-order valence-corrected chi connectivity index (χ2v) is 5.08. The SMILES string of the molecule is O=C(CCc1c[nH]c2ccccc12)Nc1c(O)cccc1O. The Morgan fingerprint density at radius 3 is 2.55 bits per heavy atom. The molecule has 112 valence electrons. The van der Waals surface area contributed by atoms with Crippen molar-refractivity contribution in [3.63, 3.8) is 0 Å². The van der Waals surface area contributed by atoms with Crippen molar-refractivity contribution in [1.29, 1.82) is 0 Å². The number of nitrogens with one attached hydrogen (secondary N) is 2. The average molecular weight is 296 g/mol. The van der Waals surface area contributed by atoms with Crippen LogP contribution in [-0.2, 0) is 11.2 Å². The van der Waals surface area contributed by atoms with Crippen molar-refractivity contribution in [3.8, 4) is 11.5 Å². The molecule has 0 aliphatic carbocycles. The lowest BCUT2D eigenvalue weighted by atomic mass is 10.1. The van der Waals surface area contributed by atoms with Gasteiger partial charge in [0.2, 0.25) is 5.91 Å². The lowest BCUT2D eigenvalue weighted by Gasteiger charge is -2.08. The normalized spacial score (nSPS) is 10.7. The van der Waals surface area contributed by atoms with Gasteiger partial charge in [0.15, 0.2) is 0 Å². The fourth-order valence-electron chi connectivity index (χ4n) is 2.44. The van der Waals surface area contributed by atoms with Gasteiger partial charge in [-0.2, -0.15) is 0 Å². The van der Waals surface area contributed by atoms with Crippen LogP contribution < -0.4 is 5.32 Å². The molecule has 0 fully saturated rings. The van der Waals surface area contributed by atoms with E-state index in [1.165, 1.54) is 18.2 Å². The van der Waals surface area contributed by atoms with E-state index >= 15 is 0 Å². The number of phenols is 2. The van der Waals surface area contributed by atoms with Crippen LogP contribution in [0.4, 0.5) is 5.69 Å². The number of fused-ring (bicyclic) bond motifs is 1. The van der Waals surface area contributed by atoms with E-state index in [4.69, 9.17) is 0 Å². The van der Waals surface area contributed by atoms with Crippen LogP contribution in [-0.4, -0.2) is 21.1 Å². The predicted octanol–water partition coefficient (Wildman–Crippen LogP) is 3.15. The predicted molar refractivity (Wildman–Crippen MR) is 85.0 cm³/mol. The number of carbonyl (C=O) groups excluding carboxylic acids is 1. The number of hydrogen-bond acceptors (Lipinski definition) is 3. The van der Waals surface area contributed by atoms with E-state index in [1.807, 2.05) is 30.5 Å². The van der Waals surface area contributed by atoms with E-state index in [1.54, 1.807) is 0 Å². The maximum absolute atomic E-state index is 12.0. The number of hydrogen-bond donors (Lipinski definition) is 4. The van der Waals surface area contributed by atoms with E-state index < -0.39 is 0 Å². The first-order chi connectivity index (χ1) is 10.6. The third kappa shape index (κ3) is 2.74. The highest BCUT2D eigenvalue weighted by Gasteiger charge is 2.11. The third-order valence-electron chi connectivity index (χ3n) is 3.58. The smallest absolute Gasteiger partial charge is 0.224 e. The molecule has 0 bridgehead atoms. The number of rotatable bonds is 4. The topological polar surface area (TPSA) is 85.4 Å². The highest BCUT2D eigenvalue weighted by molar-refractivity contribution is 5.94. The molecule has 4 N–H and O–H groups in total. The molecule has 1 heterocycles. The molecule has 0 unspecified atom stereocenters. The Morgan fingerprint density at radius 2 is 1.77 bits per heavy atom. The van der Waals surface area contributed by atoms with Gasteiger partial charge in [0.25, 0.3) is 0 Å². The first-order valence-electron chi connectivity index (χ1n) is 7.01. The largest absolute Gasteiger partial charge is 0.506 e. The van der Waals surface area contributed by atoms with E-state index in [2.05, 4.69) is 10.3 Å². The number of H-pyrrole nitrogens is 1. The summed E-state index contributed by atoms with van der Waals surface area (Å²) in [4.78, 5) is 15.2. The van der Waals surface area contributed by atoms with Crippen molar-refractivity contribution in [2.24, 2.45) is 0 Å². The van der Waals surface area contributed by atoms with Crippen molar-refractivity contribution in [3.05, 3.63) is 54.2 Å². The number of aromatic nitrogens is 1. The Balaban J connectivity index is 1.68. The summed E-state index contributed by atoms with van der Waals surface area (Å²) < 4.78 is 0. The van der Waals surface area contributed by atoms with E-state index in [0.717, 1.165) is 16.5 Å². The molecule has 0 aliphatic rings. The Kier molecular flexibility index (Phi) is 3.70. The molecule has 0 spiro atoms. The minimum atomic E-state index is -0.262. The summed E-state index contributed by atoms with van der Waals surface area (Å²) in [6.07, 6.45) is 2.73. The van der Waals surface area contributed by atoms with Crippen LogP contribution in [0.5, 0.6) is 11.5 Å². The van der Waals surface area contributed by atoms with Crippen LogP contribution >= 0.6 is 0 Å². The zero-order chi connectivity index (χ0) is 15.5. The van der Waals surface area contributed by atoms with Crippen LogP contribution in [0.1, 0.15) is 12.0 Å². The first-order valence-corrected chi connectivity index (χ1v) is 7.01. The first kappa shape index (κ1) is 14.0. The standard InChI is InChI=1S/C17H16N2O3/c20-14-6-3-7-15(21)17(14)19-16(22)9-8-11-10-18-13-5-2-1-4-12(11)13/h1-7,10,18,20-21H,8-9H2,(H,19,22). The van der Waals surface area contributed by atoms with Crippen LogP contribution in [0.2, 0.25) is 0 Å². The number of aromatic amines is 1. The minimum Gasteiger partial charge on any atom is -0.506 e. The molecule has 0 radical (unpaired) electrons. The number of anilines is 1. The van der Waals surface area contributed by atoms with Gasteiger partial charge in [-0.3, -0.25) is 4.79 Å². The van der Waals surface area contributed by atoms with E-state index in [0.29, 0.717) is 6.42 Å². The molecule has 1 aromatic heterocycles. The minimum absolute atomic E-state index is 0.0476. The molecule has 2 aromatic carbocycles. The monoisotopic (exact) mass is 296 g/mol. The van der Waals surface area contributed by atoms with Gasteiger partial charge < -0.3 is 20.5 Å². The van der Waals surface area contributed by atoms with Gasteiger partial charge in [-0.05, 0) is 30.2 Å². The molecule has 5 heteroatoms. The second-order valence-electron chi connectivity index (χ2n) is 5.08.